The molecule has 2 aromatic carbocycles. The maximum absolute atomic E-state index is 12.8. The number of anilines is 1. The van der Waals surface area contributed by atoms with Gasteiger partial charge in [0.15, 0.2) is 0 Å². The van der Waals surface area contributed by atoms with Crippen molar-refractivity contribution in [2.24, 2.45) is 0 Å². The molecule has 1 atom stereocenters. The molecule has 8 heteroatoms. The summed E-state index contributed by atoms with van der Waals surface area (Å²) in [5.74, 6) is -0.554. The van der Waals surface area contributed by atoms with Crippen LogP contribution in [0.15, 0.2) is 48.0 Å². The van der Waals surface area contributed by atoms with Gasteiger partial charge in [0.05, 0.1) is 5.57 Å². The molecule has 0 spiro atoms. The molecule has 8 nitrogen and oxygen atoms in total. The highest BCUT2D eigenvalue weighted by atomic mass is 16.5. The Morgan fingerprint density at radius 1 is 1.13 bits per heavy atom. The molecule has 2 N–H and O–H groups in total. The third kappa shape index (κ3) is 3.46. The number of hydrogen-bond acceptors (Lipinski definition) is 5. The summed E-state index contributed by atoms with van der Waals surface area (Å²) in [5, 5.41) is 5.14. The number of benzene rings is 2. The number of carbonyl (C=O) groups excluding carboxylic acids is 4. The molecule has 1 fully saturated rings. The normalized spacial score (nSPS) is 19.7. The summed E-state index contributed by atoms with van der Waals surface area (Å²) in [5.41, 5.74) is 3.13. The summed E-state index contributed by atoms with van der Waals surface area (Å²) < 4.78 is 5.64. The number of fused-ring (bicyclic) bond motifs is 2. The lowest BCUT2D eigenvalue weighted by atomic mass is 10.0. The van der Waals surface area contributed by atoms with Crippen molar-refractivity contribution in [2.75, 3.05) is 11.9 Å². The Morgan fingerprint density at radius 3 is 2.81 bits per heavy atom. The van der Waals surface area contributed by atoms with Gasteiger partial charge in [-0.3, -0.25) is 24.5 Å². The maximum atomic E-state index is 12.8. The monoisotopic (exact) mass is 417 g/mol. The first-order valence-corrected chi connectivity index (χ1v) is 10.0. The minimum absolute atomic E-state index is 0.176. The third-order valence-electron chi connectivity index (χ3n) is 5.70. The highest BCUT2D eigenvalue weighted by molar-refractivity contribution is 6.08. The Kier molecular flexibility index (Phi) is 4.54. The van der Waals surface area contributed by atoms with Gasteiger partial charge in [-0.1, -0.05) is 18.2 Å². The van der Waals surface area contributed by atoms with Gasteiger partial charge in [-0.25, -0.2) is 0 Å². The summed E-state index contributed by atoms with van der Waals surface area (Å²) in [7, 11) is 0. The van der Waals surface area contributed by atoms with Gasteiger partial charge in [-0.2, -0.15) is 0 Å². The van der Waals surface area contributed by atoms with Crippen molar-refractivity contribution in [1.82, 2.24) is 10.2 Å². The van der Waals surface area contributed by atoms with Crippen LogP contribution in [-0.4, -0.2) is 41.2 Å². The number of piperidine rings is 1. The fourth-order valence-electron chi connectivity index (χ4n) is 4.11. The van der Waals surface area contributed by atoms with E-state index in [1.165, 1.54) is 4.90 Å². The summed E-state index contributed by atoms with van der Waals surface area (Å²) >= 11 is 0. The van der Waals surface area contributed by atoms with Crippen molar-refractivity contribution >= 4 is 35.4 Å². The fraction of sp³-hybridized carbons (Fsp3) is 0.217. The maximum Gasteiger partial charge on any atom is 0.255 e. The predicted octanol–water partition coefficient (Wildman–Crippen LogP) is 1.86. The number of rotatable bonds is 3. The van der Waals surface area contributed by atoms with Crippen LogP contribution in [0.3, 0.4) is 0 Å². The van der Waals surface area contributed by atoms with Gasteiger partial charge in [0.25, 0.3) is 11.8 Å². The summed E-state index contributed by atoms with van der Waals surface area (Å²) in [4.78, 5) is 50.5. The SMILES string of the molecule is O=C1CCC(N2Cc3cc(NC(=O)C4=Cc5ccccc5OC4)ccc3C2=O)C(=O)N1. The van der Waals surface area contributed by atoms with Crippen LogP contribution in [0.25, 0.3) is 6.08 Å². The lowest BCUT2D eigenvalue weighted by Gasteiger charge is -2.29. The molecule has 156 valence electrons. The van der Waals surface area contributed by atoms with Gasteiger partial charge >= 0.3 is 0 Å². The highest BCUT2D eigenvalue weighted by Gasteiger charge is 2.39. The van der Waals surface area contributed by atoms with Crippen LogP contribution in [0, 0.1) is 0 Å². The smallest absolute Gasteiger partial charge is 0.255 e. The van der Waals surface area contributed by atoms with E-state index in [1.807, 2.05) is 24.3 Å². The molecule has 5 rings (SSSR count). The first kappa shape index (κ1) is 19.0. The Hall–Kier alpha value is -3.94. The standard InChI is InChI=1S/C23H19N3O5/c27-20-8-7-18(22(29)25-20)26-11-14-10-16(5-6-17(14)23(26)30)24-21(28)15-9-13-3-1-2-4-19(13)31-12-15/h1-6,9-10,18H,7-8,11-12H2,(H,24,28)(H,25,27,29). The number of hydrogen-bond donors (Lipinski definition) is 2. The molecule has 0 radical (unpaired) electrons. The Morgan fingerprint density at radius 2 is 1.97 bits per heavy atom. The van der Waals surface area contributed by atoms with Crippen molar-refractivity contribution in [1.29, 1.82) is 0 Å². The van der Waals surface area contributed by atoms with Gasteiger partial charge in [-0.15, -0.1) is 0 Å². The number of nitrogens with one attached hydrogen (secondary N) is 2. The largest absolute Gasteiger partial charge is 0.488 e. The molecule has 0 aliphatic carbocycles. The number of ether oxygens (including phenoxy) is 1. The first-order chi connectivity index (χ1) is 15.0. The van der Waals surface area contributed by atoms with Crippen molar-refractivity contribution in [3.63, 3.8) is 0 Å². The lowest BCUT2D eigenvalue weighted by molar-refractivity contribution is -0.136. The van der Waals surface area contributed by atoms with E-state index in [-0.39, 0.29) is 37.3 Å². The van der Waals surface area contributed by atoms with E-state index >= 15 is 0 Å². The molecule has 1 unspecified atom stereocenters. The Labute approximate surface area is 177 Å². The van der Waals surface area contributed by atoms with Crippen LogP contribution in [0.4, 0.5) is 5.69 Å². The molecule has 4 amide bonds. The number of para-hydroxylation sites is 1. The second-order valence-corrected chi connectivity index (χ2v) is 7.72. The summed E-state index contributed by atoms with van der Waals surface area (Å²) in [6.07, 6.45) is 2.32. The van der Waals surface area contributed by atoms with E-state index in [4.69, 9.17) is 4.74 Å². The predicted molar refractivity (Wildman–Crippen MR) is 111 cm³/mol. The summed E-state index contributed by atoms with van der Waals surface area (Å²) in [6, 6.07) is 11.9. The molecule has 1 saturated heterocycles. The number of imide groups is 1. The first-order valence-electron chi connectivity index (χ1n) is 10.0. The number of amides is 4. The second kappa shape index (κ2) is 7.39. The molecular weight excluding hydrogens is 398 g/mol. The van der Waals surface area contributed by atoms with Crippen molar-refractivity contribution in [3.8, 4) is 5.75 Å². The fourth-order valence-corrected chi connectivity index (χ4v) is 4.11. The van der Waals surface area contributed by atoms with Gasteiger partial charge < -0.3 is 15.0 Å². The molecule has 0 bridgehead atoms. The zero-order chi connectivity index (χ0) is 21.5. The Balaban J connectivity index is 1.32. The number of carbonyl (C=O) groups is 4. The van der Waals surface area contributed by atoms with Crippen LogP contribution in [0.1, 0.15) is 34.3 Å². The van der Waals surface area contributed by atoms with Crippen molar-refractivity contribution < 1.29 is 23.9 Å². The van der Waals surface area contributed by atoms with E-state index in [0.717, 1.165) is 16.9 Å². The average molecular weight is 417 g/mol. The number of nitrogens with zero attached hydrogens (tertiary/aromatic N) is 1. The molecule has 2 aromatic rings. The molecule has 3 heterocycles. The zero-order valence-corrected chi connectivity index (χ0v) is 16.5. The van der Waals surface area contributed by atoms with Crippen LogP contribution >= 0.6 is 0 Å². The molecule has 3 aliphatic rings. The van der Waals surface area contributed by atoms with Crippen LogP contribution in [0.2, 0.25) is 0 Å². The lowest BCUT2D eigenvalue weighted by Crippen LogP contribution is -2.52. The molecule has 0 saturated carbocycles. The van der Waals surface area contributed by atoms with Crippen molar-refractivity contribution in [2.45, 2.75) is 25.4 Å². The minimum Gasteiger partial charge on any atom is -0.488 e. The molecule has 31 heavy (non-hydrogen) atoms. The van der Waals surface area contributed by atoms with Gasteiger partial charge in [0.1, 0.15) is 18.4 Å². The van der Waals surface area contributed by atoms with Crippen LogP contribution in [-0.2, 0) is 20.9 Å². The van der Waals surface area contributed by atoms with Gasteiger partial charge in [-0.05, 0) is 42.3 Å². The van der Waals surface area contributed by atoms with Crippen molar-refractivity contribution in [3.05, 3.63) is 64.7 Å². The second-order valence-electron chi connectivity index (χ2n) is 7.72. The van der Waals surface area contributed by atoms with E-state index < -0.39 is 11.9 Å². The summed E-state index contributed by atoms with van der Waals surface area (Å²) in [6.45, 7) is 0.429. The van der Waals surface area contributed by atoms with Gasteiger partial charge in [0.2, 0.25) is 11.8 Å². The van der Waals surface area contributed by atoms with E-state index in [2.05, 4.69) is 10.6 Å². The van der Waals surface area contributed by atoms with E-state index in [0.29, 0.717) is 23.2 Å². The molecule has 0 aromatic heterocycles. The van der Waals surface area contributed by atoms with E-state index in [9.17, 15) is 19.2 Å². The zero-order valence-electron chi connectivity index (χ0n) is 16.5. The quantitative estimate of drug-likeness (QED) is 0.742. The van der Waals surface area contributed by atoms with Gasteiger partial charge in [0, 0.05) is 29.8 Å². The molecular formula is C23H19N3O5. The third-order valence-corrected chi connectivity index (χ3v) is 5.70. The van der Waals surface area contributed by atoms with Crippen LogP contribution < -0.4 is 15.4 Å². The Bertz CT molecular complexity index is 1170. The minimum atomic E-state index is -0.666. The van der Waals surface area contributed by atoms with Crippen LogP contribution in [0.5, 0.6) is 5.75 Å². The molecule has 3 aliphatic heterocycles. The topological polar surface area (TPSA) is 105 Å². The van der Waals surface area contributed by atoms with E-state index in [1.54, 1.807) is 24.3 Å². The highest BCUT2D eigenvalue weighted by Crippen LogP contribution is 2.30. The average Bonchev–Trinajstić information content (AvgIpc) is 3.09.